The van der Waals surface area contributed by atoms with Crippen LogP contribution in [-0.2, 0) is 70.6 Å². The van der Waals surface area contributed by atoms with Gasteiger partial charge in [0.05, 0.1) is 0 Å². The molecule has 0 saturated carbocycles. The molecule has 0 atom stereocenters. The number of hydrogen-bond donors (Lipinski definition) is 9. The van der Waals surface area contributed by atoms with Crippen LogP contribution in [0.25, 0.3) is 0 Å². The van der Waals surface area contributed by atoms with Crippen molar-refractivity contribution in [1.82, 2.24) is 0 Å². The van der Waals surface area contributed by atoms with Crippen molar-refractivity contribution in [2.24, 2.45) is 17.2 Å². The summed E-state index contributed by atoms with van der Waals surface area (Å²) < 4.78 is 96.0. The Bertz CT molecular complexity index is 834. The molecule has 0 radical (unpaired) electrons. The van der Waals surface area contributed by atoms with E-state index in [-0.39, 0.29) is 0 Å². The van der Waals surface area contributed by atoms with Crippen LogP contribution < -0.4 is 17.2 Å². The third kappa shape index (κ3) is 150. The molecule has 0 heterocycles. The fourth-order valence-electron chi connectivity index (χ4n) is 5.43. The van der Waals surface area contributed by atoms with Gasteiger partial charge in [0.15, 0.2) is 0 Å². The van der Waals surface area contributed by atoms with E-state index in [2.05, 4.69) is 20.8 Å². The fraction of sp³-hybridized carbons (Fsp3) is 1.00. The molecule has 15 nitrogen and oxygen atoms in total. The monoisotopic (exact) mass is 1090 g/mol. The van der Waals surface area contributed by atoms with Crippen LogP contribution in [0.4, 0.5) is 0 Å². The Morgan fingerprint density at radius 2 is 0.333 bits per heavy atom. The molecule has 0 aliphatic heterocycles. The Kier molecular flexibility index (Phi) is 71.2. The van der Waals surface area contributed by atoms with Crippen LogP contribution in [0, 0.1) is 0 Å². The fourth-order valence-corrected chi connectivity index (χ4v) is 5.43. The molecule has 0 fully saturated rings. The van der Waals surface area contributed by atoms with E-state index in [1.165, 1.54) is 212 Å². The Hall–Kier alpha value is 0.505. The zero-order valence-corrected chi connectivity index (χ0v) is 42.6. The van der Waals surface area contributed by atoms with Gasteiger partial charge < -0.3 is 17.2 Å². The van der Waals surface area contributed by atoms with Gasteiger partial charge in [0, 0.05) is 0 Å². The van der Waals surface area contributed by atoms with Crippen molar-refractivity contribution in [2.45, 2.75) is 233 Å². The normalized spacial score (nSPS) is 10.9. The van der Waals surface area contributed by atoms with Gasteiger partial charge in [-0.05, 0) is 38.9 Å². The summed E-state index contributed by atoms with van der Waals surface area (Å²) in [6.45, 7) is 9.44. The molecule has 0 aromatic carbocycles. The quantitative estimate of drug-likeness (QED) is 0.0219. The summed E-state index contributed by atoms with van der Waals surface area (Å²) in [5, 5.41) is 0. The van der Waals surface area contributed by atoms with E-state index < -0.39 is 50.2 Å². The van der Waals surface area contributed by atoms with Crippen LogP contribution in [-0.4, -0.2) is 42.2 Å². The second kappa shape index (κ2) is 58.6. The second-order valence-corrected chi connectivity index (χ2v) is 20.9. The maximum atomic E-state index is 8.85. The molecule has 0 aromatic heterocycles. The minimum atomic E-state index is -5.52. The van der Waals surface area contributed by atoms with Gasteiger partial charge >= 0.3 is 93.2 Å². The molecular weight excluding hydrogens is 990 g/mol. The SMILES string of the molecule is CCCCCCCCCCCCCN.CCCCCCCCCCCCCN.CCCCCCCCCCCCCN.[O]=[Mo](=[O])([OH])[OH].[O]=[Mo](=[O])([OH])[OH].[O]=[Mo](=[O])([OH])[OH]. The summed E-state index contributed by atoms with van der Waals surface area (Å²) in [5.41, 5.74) is 16.3. The molecule has 0 saturated heterocycles. The predicted molar refractivity (Wildman–Crippen MR) is 214 cm³/mol. The van der Waals surface area contributed by atoms with Gasteiger partial charge in [0.25, 0.3) is 0 Å². The van der Waals surface area contributed by atoms with Crippen LogP contribution in [0.15, 0.2) is 0 Å². The molecular formula is C39H93Mo3N3O12. The molecule has 0 aliphatic rings. The predicted octanol–water partition coefficient (Wildman–Crippen LogP) is 8.71. The average molecular weight is 1080 g/mol. The van der Waals surface area contributed by atoms with E-state index in [0.29, 0.717) is 0 Å². The van der Waals surface area contributed by atoms with Crippen molar-refractivity contribution >= 4 is 0 Å². The number of hydrogen-bond acceptors (Lipinski definition) is 9. The van der Waals surface area contributed by atoms with Crippen LogP contribution in [0.5, 0.6) is 0 Å². The minimum absolute atomic E-state index is 0.872. The molecule has 18 heteroatoms. The zero-order chi connectivity index (χ0) is 45.0. The topological polar surface area (TPSA) is 302 Å². The maximum absolute atomic E-state index is 8.85. The van der Waals surface area contributed by atoms with Gasteiger partial charge in [-0.2, -0.15) is 0 Å². The van der Waals surface area contributed by atoms with Crippen molar-refractivity contribution in [2.75, 3.05) is 19.6 Å². The van der Waals surface area contributed by atoms with Crippen LogP contribution in [0.3, 0.4) is 0 Å². The van der Waals surface area contributed by atoms with Gasteiger partial charge in [-0.3, -0.25) is 0 Å². The van der Waals surface area contributed by atoms with Crippen molar-refractivity contribution in [3.8, 4) is 0 Å². The van der Waals surface area contributed by atoms with E-state index in [0.717, 1.165) is 19.6 Å². The summed E-state index contributed by atoms with van der Waals surface area (Å²) in [6, 6.07) is 0. The van der Waals surface area contributed by atoms with E-state index in [9.17, 15) is 0 Å². The van der Waals surface area contributed by atoms with Crippen molar-refractivity contribution in [1.29, 1.82) is 0 Å². The van der Waals surface area contributed by atoms with Gasteiger partial charge in [0.2, 0.25) is 0 Å². The third-order valence-electron chi connectivity index (χ3n) is 8.42. The third-order valence-corrected chi connectivity index (χ3v) is 8.42. The Morgan fingerprint density at radius 3 is 0.421 bits per heavy atom. The average Bonchev–Trinajstić information content (AvgIpc) is 3.09. The summed E-state index contributed by atoms with van der Waals surface area (Å²) in [7, 11) is 0. The Labute approximate surface area is 360 Å². The molecule has 0 aliphatic carbocycles. The van der Waals surface area contributed by atoms with Crippen molar-refractivity contribution in [3.05, 3.63) is 0 Å². The molecule has 57 heavy (non-hydrogen) atoms. The zero-order valence-electron chi connectivity index (χ0n) is 36.5. The van der Waals surface area contributed by atoms with Crippen LogP contribution >= 0.6 is 0 Å². The molecule has 0 spiro atoms. The number of rotatable bonds is 33. The summed E-state index contributed by atoms with van der Waals surface area (Å²) >= 11 is -16.6. The molecule has 0 aromatic rings. The van der Waals surface area contributed by atoms with Crippen molar-refractivity contribution < 1.29 is 93.2 Å². The standard InChI is InChI=1S/3C13H29N.3Mo.6H2O.6O/c3*1-2-3-4-5-6-7-8-9-10-11-12-13-14;;;;;;;;;;;;;;;/h3*2-14H2,1H3;;;;6*1H2;;;;;;/q;;;3*+2;;;;;;;;;;;;/p-6. The first kappa shape index (κ1) is 69.2. The van der Waals surface area contributed by atoms with Gasteiger partial charge in [0.1, 0.15) is 0 Å². The summed E-state index contributed by atoms with van der Waals surface area (Å²) in [4.78, 5) is 0. The van der Waals surface area contributed by atoms with Gasteiger partial charge in [-0.15, -0.1) is 0 Å². The van der Waals surface area contributed by atoms with Crippen LogP contribution in [0.2, 0.25) is 0 Å². The first-order valence-corrected chi connectivity index (χ1v) is 32.2. The Morgan fingerprint density at radius 1 is 0.246 bits per heavy atom. The molecule has 0 unspecified atom stereocenters. The number of unbranched alkanes of at least 4 members (excludes halogenated alkanes) is 30. The summed E-state index contributed by atoms with van der Waals surface area (Å²) in [5.74, 6) is 0. The van der Waals surface area contributed by atoms with Crippen molar-refractivity contribution in [3.63, 3.8) is 0 Å². The number of nitrogens with two attached hydrogens (primary N) is 3. The van der Waals surface area contributed by atoms with E-state index in [1.807, 2.05) is 0 Å². The first-order valence-electron chi connectivity index (χ1n) is 21.9. The summed E-state index contributed by atoms with van der Waals surface area (Å²) in [6.07, 6.45) is 46.2. The van der Waals surface area contributed by atoms with Crippen LogP contribution in [0.1, 0.15) is 233 Å². The Balaban J connectivity index is -0.000000145. The van der Waals surface area contributed by atoms with E-state index in [4.69, 9.17) is 60.1 Å². The van der Waals surface area contributed by atoms with Gasteiger partial charge in [-0.25, -0.2) is 0 Å². The molecule has 0 rings (SSSR count). The second-order valence-electron chi connectivity index (χ2n) is 14.3. The first-order chi connectivity index (χ1) is 26.7. The molecule has 0 amide bonds. The molecule has 354 valence electrons. The van der Waals surface area contributed by atoms with E-state index in [1.54, 1.807) is 0 Å². The molecule has 12 N–H and O–H groups in total. The van der Waals surface area contributed by atoms with Gasteiger partial charge in [-0.1, -0.05) is 213 Å². The van der Waals surface area contributed by atoms with E-state index >= 15 is 0 Å². The molecule has 0 bridgehead atoms.